The number of piperidine rings is 1. The van der Waals surface area contributed by atoms with E-state index < -0.39 is 0 Å². The SMILES string of the molecule is CCCCNC(=O)NC1CCN(CC2CCCCC2)CC1. The third-order valence-electron chi connectivity index (χ3n) is 4.98. The number of likely N-dealkylation sites (tertiary alicyclic amines) is 1. The number of rotatable bonds is 6. The molecular weight excluding hydrogens is 262 g/mol. The third-order valence-corrected chi connectivity index (χ3v) is 4.98. The monoisotopic (exact) mass is 295 g/mol. The zero-order chi connectivity index (χ0) is 14.9. The summed E-state index contributed by atoms with van der Waals surface area (Å²) in [5.41, 5.74) is 0. The maximum atomic E-state index is 11.7. The number of unbranched alkanes of at least 4 members (excludes halogenated alkanes) is 1. The zero-order valence-electron chi connectivity index (χ0n) is 13.7. The summed E-state index contributed by atoms with van der Waals surface area (Å²) in [6.45, 7) is 6.52. The standard InChI is InChI=1S/C17H33N3O/c1-2-3-11-18-17(21)19-16-9-12-20(13-10-16)14-15-7-5-4-6-8-15/h15-16H,2-14H2,1H3,(H2,18,19,21). The molecule has 4 heteroatoms. The minimum absolute atomic E-state index is 0.0224. The van der Waals surface area contributed by atoms with Gasteiger partial charge in [-0.25, -0.2) is 4.79 Å². The molecule has 0 atom stereocenters. The molecule has 0 aromatic rings. The lowest BCUT2D eigenvalue weighted by Crippen LogP contribution is -2.48. The first-order valence-electron chi connectivity index (χ1n) is 9.04. The molecule has 4 nitrogen and oxygen atoms in total. The van der Waals surface area contributed by atoms with Gasteiger partial charge < -0.3 is 15.5 Å². The highest BCUT2D eigenvalue weighted by Crippen LogP contribution is 2.25. The van der Waals surface area contributed by atoms with Gasteiger partial charge in [0.15, 0.2) is 0 Å². The first kappa shape index (κ1) is 16.6. The first-order chi connectivity index (χ1) is 10.3. The van der Waals surface area contributed by atoms with Crippen molar-refractivity contribution in [1.29, 1.82) is 0 Å². The molecule has 0 aromatic carbocycles. The topological polar surface area (TPSA) is 44.4 Å². The number of urea groups is 1. The van der Waals surface area contributed by atoms with E-state index in [0.29, 0.717) is 6.04 Å². The van der Waals surface area contributed by atoms with Gasteiger partial charge in [0.05, 0.1) is 0 Å². The second-order valence-corrected chi connectivity index (χ2v) is 6.83. The molecule has 1 aliphatic heterocycles. The normalized spacial score (nSPS) is 22.1. The van der Waals surface area contributed by atoms with Gasteiger partial charge in [-0.05, 0) is 38.0 Å². The van der Waals surface area contributed by atoms with Crippen molar-refractivity contribution in [3.8, 4) is 0 Å². The van der Waals surface area contributed by atoms with Crippen LogP contribution in [0.25, 0.3) is 0 Å². The van der Waals surface area contributed by atoms with Crippen LogP contribution >= 0.6 is 0 Å². The Hall–Kier alpha value is -0.770. The molecule has 2 N–H and O–H groups in total. The zero-order valence-corrected chi connectivity index (χ0v) is 13.7. The van der Waals surface area contributed by atoms with Crippen LogP contribution in [-0.2, 0) is 0 Å². The van der Waals surface area contributed by atoms with Gasteiger partial charge in [-0.1, -0.05) is 32.6 Å². The van der Waals surface area contributed by atoms with Crippen LogP contribution in [-0.4, -0.2) is 43.2 Å². The molecule has 1 saturated heterocycles. The Labute approximate surface area is 130 Å². The molecule has 1 heterocycles. The van der Waals surface area contributed by atoms with Crippen molar-refractivity contribution < 1.29 is 4.79 Å². The summed E-state index contributed by atoms with van der Waals surface area (Å²) in [6.07, 6.45) is 11.6. The van der Waals surface area contributed by atoms with E-state index in [1.165, 1.54) is 38.6 Å². The van der Waals surface area contributed by atoms with Crippen LogP contribution in [0.4, 0.5) is 4.79 Å². The fraction of sp³-hybridized carbons (Fsp3) is 0.941. The Morgan fingerprint density at radius 2 is 1.81 bits per heavy atom. The number of amides is 2. The fourth-order valence-corrected chi connectivity index (χ4v) is 3.61. The smallest absolute Gasteiger partial charge is 0.315 e. The van der Waals surface area contributed by atoms with Crippen LogP contribution in [0.2, 0.25) is 0 Å². The number of hydrogen-bond donors (Lipinski definition) is 2. The van der Waals surface area contributed by atoms with Gasteiger partial charge in [0.2, 0.25) is 0 Å². The van der Waals surface area contributed by atoms with Gasteiger partial charge in [-0.3, -0.25) is 0 Å². The van der Waals surface area contributed by atoms with Crippen molar-refractivity contribution in [2.24, 2.45) is 5.92 Å². The molecule has 1 aliphatic carbocycles. The summed E-state index contributed by atoms with van der Waals surface area (Å²) in [4.78, 5) is 14.4. The van der Waals surface area contributed by atoms with Crippen molar-refractivity contribution in [1.82, 2.24) is 15.5 Å². The maximum absolute atomic E-state index is 11.7. The first-order valence-corrected chi connectivity index (χ1v) is 9.04. The number of carbonyl (C=O) groups excluding carboxylic acids is 1. The summed E-state index contributed by atoms with van der Waals surface area (Å²) < 4.78 is 0. The second kappa shape index (κ2) is 9.29. The van der Waals surface area contributed by atoms with Crippen molar-refractivity contribution in [2.45, 2.75) is 70.8 Å². The lowest BCUT2D eigenvalue weighted by Gasteiger charge is -2.35. The summed E-state index contributed by atoms with van der Waals surface area (Å²) in [6, 6.07) is 0.392. The highest BCUT2D eigenvalue weighted by atomic mass is 16.2. The van der Waals surface area contributed by atoms with Crippen molar-refractivity contribution in [3.05, 3.63) is 0 Å². The minimum Gasteiger partial charge on any atom is -0.338 e. The molecule has 2 amide bonds. The lowest BCUT2D eigenvalue weighted by atomic mass is 9.88. The quantitative estimate of drug-likeness (QED) is 0.739. The van der Waals surface area contributed by atoms with E-state index in [1.807, 2.05) is 0 Å². The Morgan fingerprint density at radius 3 is 2.48 bits per heavy atom. The van der Waals surface area contributed by atoms with Crippen LogP contribution < -0.4 is 10.6 Å². The molecule has 0 unspecified atom stereocenters. The summed E-state index contributed by atoms with van der Waals surface area (Å²) in [7, 11) is 0. The average molecular weight is 295 g/mol. The summed E-state index contributed by atoms with van der Waals surface area (Å²) in [5.74, 6) is 0.931. The predicted molar refractivity (Wildman–Crippen MR) is 87.5 cm³/mol. The lowest BCUT2D eigenvalue weighted by molar-refractivity contribution is 0.155. The summed E-state index contributed by atoms with van der Waals surface area (Å²) in [5, 5.41) is 6.07. The van der Waals surface area contributed by atoms with Crippen molar-refractivity contribution in [3.63, 3.8) is 0 Å². The molecule has 0 spiro atoms. The average Bonchev–Trinajstić information content (AvgIpc) is 2.51. The van der Waals surface area contributed by atoms with Gasteiger partial charge in [0.25, 0.3) is 0 Å². The van der Waals surface area contributed by atoms with Crippen molar-refractivity contribution in [2.75, 3.05) is 26.2 Å². The van der Waals surface area contributed by atoms with E-state index >= 15 is 0 Å². The Morgan fingerprint density at radius 1 is 1.10 bits per heavy atom. The minimum atomic E-state index is 0.0224. The Bertz CT molecular complexity index is 294. The molecule has 0 radical (unpaired) electrons. The highest BCUT2D eigenvalue weighted by Gasteiger charge is 2.23. The van der Waals surface area contributed by atoms with Crippen LogP contribution in [0.3, 0.4) is 0 Å². The van der Waals surface area contributed by atoms with Crippen LogP contribution in [0.5, 0.6) is 0 Å². The van der Waals surface area contributed by atoms with Crippen LogP contribution in [0.15, 0.2) is 0 Å². The summed E-state index contributed by atoms with van der Waals surface area (Å²) >= 11 is 0. The molecule has 2 rings (SSSR count). The molecule has 122 valence electrons. The molecule has 0 bridgehead atoms. The van der Waals surface area contributed by atoms with E-state index in [1.54, 1.807) is 0 Å². The second-order valence-electron chi connectivity index (χ2n) is 6.83. The number of carbonyl (C=O) groups is 1. The molecular formula is C17H33N3O. The highest BCUT2D eigenvalue weighted by molar-refractivity contribution is 5.74. The molecule has 0 aromatic heterocycles. The maximum Gasteiger partial charge on any atom is 0.315 e. The van der Waals surface area contributed by atoms with E-state index in [-0.39, 0.29) is 6.03 Å². The van der Waals surface area contributed by atoms with Gasteiger partial charge in [-0.2, -0.15) is 0 Å². The Kier molecular flexibility index (Phi) is 7.34. The largest absolute Gasteiger partial charge is 0.338 e. The van der Waals surface area contributed by atoms with E-state index in [9.17, 15) is 4.79 Å². The van der Waals surface area contributed by atoms with E-state index in [2.05, 4.69) is 22.5 Å². The van der Waals surface area contributed by atoms with Gasteiger partial charge in [0, 0.05) is 32.2 Å². The molecule has 21 heavy (non-hydrogen) atoms. The van der Waals surface area contributed by atoms with Crippen molar-refractivity contribution >= 4 is 6.03 Å². The third kappa shape index (κ3) is 6.25. The van der Waals surface area contributed by atoms with Gasteiger partial charge >= 0.3 is 6.03 Å². The number of nitrogens with zero attached hydrogens (tertiary/aromatic N) is 1. The molecule has 2 fully saturated rings. The number of nitrogens with one attached hydrogen (secondary N) is 2. The van der Waals surface area contributed by atoms with Crippen LogP contribution in [0, 0.1) is 5.92 Å². The molecule has 2 aliphatic rings. The Balaban J connectivity index is 1.58. The van der Waals surface area contributed by atoms with E-state index in [4.69, 9.17) is 0 Å². The molecule has 1 saturated carbocycles. The van der Waals surface area contributed by atoms with E-state index in [0.717, 1.165) is 51.2 Å². The predicted octanol–water partition coefficient (Wildman–Crippen LogP) is 3.13. The van der Waals surface area contributed by atoms with Gasteiger partial charge in [0.1, 0.15) is 0 Å². The number of hydrogen-bond acceptors (Lipinski definition) is 2. The van der Waals surface area contributed by atoms with Gasteiger partial charge in [-0.15, -0.1) is 0 Å². The fourth-order valence-electron chi connectivity index (χ4n) is 3.61. The van der Waals surface area contributed by atoms with Crippen LogP contribution in [0.1, 0.15) is 64.7 Å².